The lowest BCUT2D eigenvalue weighted by atomic mass is 10.1. The van der Waals surface area contributed by atoms with E-state index in [9.17, 15) is 9.18 Å². The van der Waals surface area contributed by atoms with Gasteiger partial charge < -0.3 is 19.4 Å². The molecule has 140 valence electrons. The van der Waals surface area contributed by atoms with Gasteiger partial charge in [0.05, 0.1) is 6.61 Å². The number of aromatic nitrogens is 1. The average molecular weight is 368 g/mol. The molecule has 0 saturated carbocycles. The predicted octanol–water partition coefficient (Wildman–Crippen LogP) is 3.31. The van der Waals surface area contributed by atoms with Crippen LogP contribution in [0.2, 0.25) is 0 Å². The van der Waals surface area contributed by atoms with Crippen molar-refractivity contribution in [2.24, 2.45) is 0 Å². The van der Waals surface area contributed by atoms with E-state index in [0.717, 1.165) is 22.2 Å². The number of halogens is 1. The lowest BCUT2D eigenvalue weighted by Crippen LogP contribution is -2.30. The second kappa shape index (κ2) is 7.40. The van der Waals surface area contributed by atoms with Crippen molar-refractivity contribution in [1.82, 2.24) is 9.88 Å². The zero-order valence-corrected chi connectivity index (χ0v) is 15.1. The molecule has 1 aromatic heterocycles. The molecule has 0 aliphatic carbocycles. The number of hydrogen-bond donors (Lipinski definition) is 1. The third-order valence-electron chi connectivity index (χ3n) is 4.79. The first kappa shape index (κ1) is 17.5. The largest absolute Gasteiger partial charge is 0.467 e. The Kier molecular flexibility index (Phi) is 4.81. The lowest BCUT2D eigenvalue weighted by molar-refractivity contribution is -0.121. The molecule has 2 aromatic carbocycles. The highest BCUT2D eigenvalue weighted by molar-refractivity contribution is 5.84. The minimum Gasteiger partial charge on any atom is -0.467 e. The highest BCUT2D eigenvalue weighted by Crippen LogP contribution is 2.29. The smallest absolute Gasteiger partial charge is 0.239 e. The first-order chi connectivity index (χ1) is 13.1. The van der Waals surface area contributed by atoms with Gasteiger partial charge in [-0.2, -0.15) is 0 Å². The van der Waals surface area contributed by atoms with Gasteiger partial charge >= 0.3 is 0 Å². The molecule has 0 atom stereocenters. The van der Waals surface area contributed by atoms with Gasteiger partial charge in [-0.3, -0.25) is 4.79 Å². The van der Waals surface area contributed by atoms with Gasteiger partial charge in [0.25, 0.3) is 0 Å². The zero-order valence-electron chi connectivity index (χ0n) is 15.1. The molecule has 5 nitrogen and oxygen atoms in total. The molecule has 0 radical (unpaired) electrons. The Morgan fingerprint density at radius 2 is 2.11 bits per heavy atom. The van der Waals surface area contributed by atoms with E-state index >= 15 is 0 Å². The second-order valence-electron chi connectivity index (χ2n) is 6.69. The summed E-state index contributed by atoms with van der Waals surface area (Å²) >= 11 is 0. The molecular formula is C21H21FN2O3. The van der Waals surface area contributed by atoms with Crippen molar-refractivity contribution in [1.29, 1.82) is 0 Å². The number of fused-ring (bicyclic) bond motifs is 2. The van der Waals surface area contributed by atoms with Crippen LogP contribution >= 0.6 is 0 Å². The molecule has 1 aliphatic heterocycles. The zero-order chi connectivity index (χ0) is 18.8. The third kappa shape index (κ3) is 3.66. The summed E-state index contributed by atoms with van der Waals surface area (Å²) < 4.78 is 26.5. The van der Waals surface area contributed by atoms with Crippen LogP contribution in [-0.4, -0.2) is 23.8 Å². The van der Waals surface area contributed by atoms with Gasteiger partial charge in [0.15, 0.2) is 6.79 Å². The number of nitrogens with one attached hydrogen (secondary N) is 1. The molecule has 6 heteroatoms. The number of ether oxygens (including phenoxy) is 2. The number of carbonyl (C=O) groups excluding carboxylic acids is 1. The minimum absolute atomic E-state index is 0.0750. The fourth-order valence-electron chi connectivity index (χ4n) is 3.54. The van der Waals surface area contributed by atoms with Crippen molar-refractivity contribution in [3.8, 4) is 5.75 Å². The molecule has 1 amide bonds. The first-order valence-corrected chi connectivity index (χ1v) is 8.95. The Hall–Kier alpha value is -2.86. The van der Waals surface area contributed by atoms with Crippen molar-refractivity contribution in [3.05, 3.63) is 65.1 Å². The van der Waals surface area contributed by atoms with Gasteiger partial charge in [-0.15, -0.1) is 0 Å². The van der Waals surface area contributed by atoms with E-state index in [1.165, 1.54) is 12.1 Å². The quantitative estimate of drug-likeness (QED) is 0.752. The summed E-state index contributed by atoms with van der Waals surface area (Å²) in [6.45, 7) is 3.16. The Morgan fingerprint density at radius 1 is 1.26 bits per heavy atom. The summed E-state index contributed by atoms with van der Waals surface area (Å²) in [5.41, 5.74) is 3.53. The molecule has 0 fully saturated rings. The Balaban J connectivity index is 1.40. The van der Waals surface area contributed by atoms with E-state index in [0.29, 0.717) is 30.9 Å². The van der Waals surface area contributed by atoms with E-state index in [1.807, 2.05) is 35.8 Å². The molecule has 0 unspecified atom stereocenters. The van der Waals surface area contributed by atoms with Gasteiger partial charge in [-0.05, 0) is 48.6 Å². The summed E-state index contributed by atoms with van der Waals surface area (Å²) in [5.74, 6) is 0.275. The minimum atomic E-state index is -0.321. The van der Waals surface area contributed by atoms with Gasteiger partial charge in [-0.1, -0.05) is 18.2 Å². The number of amides is 1. The van der Waals surface area contributed by atoms with Crippen LogP contribution in [0.1, 0.15) is 16.8 Å². The van der Waals surface area contributed by atoms with E-state index in [-0.39, 0.29) is 25.1 Å². The monoisotopic (exact) mass is 368 g/mol. The average Bonchev–Trinajstić information content (AvgIpc) is 2.97. The van der Waals surface area contributed by atoms with Crippen LogP contribution in [0.3, 0.4) is 0 Å². The molecule has 27 heavy (non-hydrogen) atoms. The third-order valence-corrected chi connectivity index (χ3v) is 4.79. The molecular weight excluding hydrogens is 347 g/mol. The predicted molar refractivity (Wildman–Crippen MR) is 100 cm³/mol. The molecule has 0 saturated heterocycles. The number of para-hydroxylation sites is 1. The van der Waals surface area contributed by atoms with Crippen LogP contribution < -0.4 is 10.1 Å². The summed E-state index contributed by atoms with van der Waals surface area (Å²) in [6.07, 6.45) is 0.497. The van der Waals surface area contributed by atoms with Crippen LogP contribution in [0, 0.1) is 12.7 Å². The van der Waals surface area contributed by atoms with E-state index in [2.05, 4.69) is 11.4 Å². The highest BCUT2D eigenvalue weighted by Gasteiger charge is 2.17. The van der Waals surface area contributed by atoms with E-state index < -0.39 is 0 Å². The van der Waals surface area contributed by atoms with Crippen molar-refractivity contribution >= 4 is 16.8 Å². The van der Waals surface area contributed by atoms with E-state index in [4.69, 9.17) is 9.47 Å². The number of aryl methyl sites for hydroxylation is 1. The number of rotatable bonds is 5. The normalized spacial score (nSPS) is 13.3. The maximum atomic E-state index is 13.8. The van der Waals surface area contributed by atoms with Crippen LogP contribution in [0.4, 0.5) is 4.39 Å². The fraction of sp³-hybridized carbons (Fsp3) is 0.286. The van der Waals surface area contributed by atoms with Gasteiger partial charge in [-0.25, -0.2) is 4.39 Å². The highest BCUT2D eigenvalue weighted by atomic mass is 19.1. The van der Waals surface area contributed by atoms with Crippen molar-refractivity contribution in [2.45, 2.75) is 26.5 Å². The van der Waals surface area contributed by atoms with Crippen LogP contribution in [0.15, 0.2) is 42.5 Å². The molecule has 3 aromatic rings. The van der Waals surface area contributed by atoms with Crippen molar-refractivity contribution in [3.63, 3.8) is 0 Å². The number of hydrogen-bond acceptors (Lipinski definition) is 3. The van der Waals surface area contributed by atoms with Crippen LogP contribution in [-0.2, 0) is 29.1 Å². The topological polar surface area (TPSA) is 52.5 Å². The number of carbonyl (C=O) groups is 1. The SMILES string of the molecule is Cc1cc2ccccc2n1CC(=O)NCCc1cc(F)cc2c1OCOC2. The lowest BCUT2D eigenvalue weighted by Gasteiger charge is -2.21. The Bertz CT molecular complexity index is 997. The van der Waals surface area contributed by atoms with E-state index in [1.54, 1.807) is 0 Å². The second-order valence-corrected chi connectivity index (χ2v) is 6.69. The molecule has 2 heterocycles. The Morgan fingerprint density at radius 3 is 3.00 bits per heavy atom. The number of benzene rings is 2. The van der Waals surface area contributed by atoms with Crippen LogP contribution in [0.25, 0.3) is 10.9 Å². The van der Waals surface area contributed by atoms with Gasteiger partial charge in [0.2, 0.25) is 5.91 Å². The summed E-state index contributed by atoms with van der Waals surface area (Å²) in [4.78, 5) is 12.4. The summed E-state index contributed by atoms with van der Waals surface area (Å²) in [6, 6.07) is 12.9. The van der Waals surface area contributed by atoms with Crippen LogP contribution in [0.5, 0.6) is 5.75 Å². The summed E-state index contributed by atoms with van der Waals surface area (Å²) in [5, 5.41) is 4.04. The molecule has 1 aliphatic rings. The Labute approximate surface area is 156 Å². The number of nitrogens with zero attached hydrogens (tertiary/aromatic N) is 1. The van der Waals surface area contributed by atoms with Crippen molar-refractivity contribution < 1.29 is 18.7 Å². The molecule has 0 bridgehead atoms. The van der Waals surface area contributed by atoms with Gasteiger partial charge in [0, 0.05) is 23.3 Å². The maximum Gasteiger partial charge on any atom is 0.239 e. The molecule has 4 rings (SSSR count). The fourth-order valence-corrected chi connectivity index (χ4v) is 3.54. The molecule has 1 N–H and O–H groups in total. The van der Waals surface area contributed by atoms with Gasteiger partial charge in [0.1, 0.15) is 18.1 Å². The summed E-state index contributed by atoms with van der Waals surface area (Å²) in [7, 11) is 0. The van der Waals surface area contributed by atoms with Crippen molar-refractivity contribution in [2.75, 3.05) is 13.3 Å². The standard InChI is InChI=1S/C21H21FN2O3/c1-14-8-15-4-2-3-5-19(15)24(14)11-20(25)23-7-6-16-9-18(22)10-17-12-26-13-27-21(16)17/h2-5,8-10H,6-7,11-13H2,1H3,(H,23,25). The molecule has 0 spiro atoms. The first-order valence-electron chi connectivity index (χ1n) is 8.95. The maximum absolute atomic E-state index is 13.8.